The second-order valence-corrected chi connectivity index (χ2v) is 6.62. The lowest BCUT2D eigenvalue weighted by Gasteiger charge is -2.08. The fraction of sp³-hybridized carbons (Fsp3) is 0.571. The molecule has 2 rings (SSSR count). The number of benzene rings is 1. The van der Waals surface area contributed by atoms with Crippen molar-refractivity contribution in [2.24, 2.45) is 0 Å². The van der Waals surface area contributed by atoms with Crippen LogP contribution in [-0.2, 0) is 25.9 Å². The van der Waals surface area contributed by atoms with Crippen LogP contribution < -0.4 is 10.0 Å². The lowest BCUT2D eigenvalue weighted by Crippen LogP contribution is -2.25. The molecule has 0 atom stereocenters. The van der Waals surface area contributed by atoms with Gasteiger partial charge >= 0.3 is 0 Å². The van der Waals surface area contributed by atoms with E-state index < -0.39 is 10.0 Å². The first kappa shape index (κ1) is 16.2. The van der Waals surface area contributed by atoms with Gasteiger partial charge in [-0.25, -0.2) is 13.1 Å². The molecule has 1 aliphatic heterocycles. The predicted molar refractivity (Wildman–Crippen MR) is 81.1 cm³/mol. The Morgan fingerprint density at radius 2 is 2.14 bits per heavy atom. The number of sulfonamides is 1. The van der Waals surface area contributed by atoms with E-state index in [1.807, 2.05) is 6.07 Å². The maximum Gasteiger partial charge on any atom is 0.240 e. The van der Waals surface area contributed by atoms with Crippen LogP contribution in [0.1, 0.15) is 12.0 Å². The molecule has 7 heteroatoms. The minimum absolute atomic E-state index is 0.324. The number of ether oxygens (including phenoxy) is 2. The molecule has 1 heterocycles. The Morgan fingerprint density at radius 1 is 1.29 bits per heavy atom. The van der Waals surface area contributed by atoms with Crippen molar-refractivity contribution in [1.29, 1.82) is 0 Å². The van der Waals surface area contributed by atoms with E-state index in [2.05, 4.69) is 10.0 Å². The maximum atomic E-state index is 12.2. The van der Waals surface area contributed by atoms with Gasteiger partial charge in [-0.3, -0.25) is 0 Å². The molecule has 1 aromatic rings. The minimum atomic E-state index is -3.44. The normalized spacial score (nSPS) is 14.0. The van der Waals surface area contributed by atoms with Gasteiger partial charge in [0.25, 0.3) is 0 Å². The van der Waals surface area contributed by atoms with Crippen molar-refractivity contribution in [2.75, 3.05) is 45.3 Å². The number of methoxy groups -OCH3 is 1. The van der Waals surface area contributed by atoms with Gasteiger partial charge in [-0.05, 0) is 36.6 Å². The van der Waals surface area contributed by atoms with Crippen LogP contribution in [0.3, 0.4) is 0 Å². The molecule has 0 bridgehead atoms. The number of fused-ring (bicyclic) bond motifs is 1. The maximum absolute atomic E-state index is 12.2. The summed E-state index contributed by atoms with van der Waals surface area (Å²) in [6, 6.07) is 5.20. The SMILES string of the molecule is COCCOCCCNS(=O)(=O)c1ccc2c(c1)CCN2. The summed E-state index contributed by atoms with van der Waals surface area (Å²) in [5, 5.41) is 3.21. The molecule has 0 saturated carbocycles. The van der Waals surface area contributed by atoms with Crippen molar-refractivity contribution in [2.45, 2.75) is 17.7 Å². The van der Waals surface area contributed by atoms with Crippen LogP contribution in [0.5, 0.6) is 0 Å². The Labute approximate surface area is 125 Å². The molecule has 0 amide bonds. The first-order valence-electron chi connectivity index (χ1n) is 7.06. The van der Waals surface area contributed by atoms with Gasteiger partial charge in [0.05, 0.1) is 18.1 Å². The van der Waals surface area contributed by atoms with Gasteiger partial charge in [0.2, 0.25) is 10.0 Å². The van der Waals surface area contributed by atoms with E-state index in [1.165, 1.54) is 0 Å². The Morgan fingerprint density at radius 3 is 2.95 bits per heavy atom. The first-order chi connectivity index (χ1) is 10.1. The number of anilines is 1. The van der Waals surface area contributed by atoms with Crippen molar-refractivity contribution in [3.63, 3.8) is 0 Å². The van der Waals surface area contributed by atoms with Crippen LogP contribution >= 0.6 is 0 Å². The standard InChI is InChI=1S/C14H22N2O4S/c1-19-9-10-20-8-2-6-16-21(17,18)13-3-4-14-12(11-13)5-7-15-14/h3-4,11,15-16H,2,5-10H2,1H3. The summed E-state index contributed by atoms with van der Waals surface area (Å²) in [7, 11) is -1.82. The van der Waals surface area contributed by atoms with E-state index in [4.69, 9.17) is 9.47 Å². The van der Waals surface area contributed by atoms with E-state index >= 15 is 0 Å². The zero-order valence-electron chi connectivity index (χ0n) is 12.2. The lowest BCUT2D eigenvalue weighted by molar-refractivity contribution is 0.0699. The highest BCUT2D eigenvalue weighted by molar-refractivity contribution is 7.89. The molecule has 0 unspecified atom stereocenters. The van der Waals surface area contributed by atoms with Gasteiger partial charge in [0.1, 0.15) is 0 Å². The molecule has 6 nitrogen and oxygen atoms in total. The molecule has 0 fully saturated rings. The number of rotatable bonds is 9. The molecule has 2 N–H and O–H groups in total. The molecule has 21 heavy (non-hydrogen) atoms. The zero-order valence-corrected chi connectivity index (χ0v) is 13.0. The highest BCUT2D eigenvalue weighted by atomic mass is 32.2. The van der Waals surface area contributed by atoms with Crippen LogP contribution in [0.25, 0.3) is 0 Å². The monoisotopic (exact) mass is 314 g/mol. The molecular formula is C14H22N2O4S. The summed E-state index contributed by atoms with van der Waals surface area (Å²) < 4.78 is 37.1. The molecule has 1 aromatic carbocycles. The van der Waals surface area contributed by atoms with E-state index in [1.54, 1.807) is 19.2 Å². The Kier molecular flexibility index (Phi) is 5.98. The fourth-order valence-electron chi connectivity index (χ4n) is 2.16. The molecule has 0 aromatic heterocycles. The average molecular weight is 314 g/mol. The van der Waals surface area contributed by atoms with E-state index in [-0.39, 0.29) is 0 Å². The summed E-state index contributed by atoms with van der Waals surface area (Å²) in [4.78, 5) is 0.324. The number of hydrogen-bond donors (Lipinski definition) is 2. The highest BCUT2D eigenvalue weighted by Crippen LogP contribution is 2.24. The largest absolute Gasteiger partial charge is 0.384 e. The van der Waals surface area contributed by atoms with E-state index in [0.29, 0.717) is 37.7 Å². The second-order valence-electron chi connectivity index (χ2n) is 4.85. The van der Waals surface area contributed by atoms with Crippen LogP contribution in [0.2, 0.25) is 0 Å². The fourth-order valence-corrected chi connectivity index (χ4v) is 3.28. The van der Waals surface area contributed by atoms with Crippen LogP contribution in [0.4, 0.5) is 5.69 Å². The van der Waals surface area contributed by atoms with Gasteiger partial charge in [0.15, 0.2) is 0 Å². The highest BCUT2D eigenvalue weighted by Gasteiger charge is 2.17. The van der Waals surface area contributed by atoms with Crippen molar-refractivity contribution in [3.8, 4) is 0 Å². The molecular weight excluding hydrogens is 292 g/mol. The van der Waals surface area contributed by atoms with Gasteiger partial charge in [-0.1, -0.05) is 0 Å². The molecule has 118 valence electrons. The third-order valence-electron chi connectivity index (χ3n) is 3.29. The van der Waals surface area contributed by atoms with Gasteiger partial charge in [-0.15, -0.1) is 0 Å². The smallest absolute Gasteiger partial charge is 0.240 e. The van der Waals surface area contributed by atoms with Crippen LogP contribution in [0.15, 0.2) is 23.1 Å². The van der Waals surface area contributed by atoms with Crippen molar-refractivity contribution in [1.82, 2.24) is 4.72 Å². The first-order valence-corrected chi connectivity index (χ1v) is 8.55. The summed E-state index contributed by atoms with van der Waals surface area (Å²) in [5.41, 5.74) is 2.08. The van der Waals surface area contributed by atoms with E-state index in [0.717, 1.165) is 24.2 Å². The van der Waals surface area contributed by atoms with Crippen molar-refractivity contribution in [3.05, 3.63) is 23.8 Å². The van der Waals surface area contributed by atoms with Crippen molar-refractivity contribution >= 4 is 15.7 Å². The van der Waals surface area contributed by atoms with Gasteiger partial charge in [-0.2, -0.15) is 0 Å². The molecule has 0 radical (unpaired) electrons. The minimum Gasteiger partial charge on any atom is -0.384 e. The van der Waals surface area contributed by atoms with Gasteiger partial charge < -0.3 is 14.8 Å². The molecule has 0 aliphatic carbocycles. The molecule has 0 spiro atoms. The Hall–Kier alpha value is -1.15. The third kappa shape index (κ3) is 4.67. The van der Waals surface area contributed by atoms with Crippen LogP contribution in [0, 0.1) is 0 Å². The Bertz CT molecular complexity index is 560. The van der Waals surface area contributed by atoms with E-state index in [9.17, 15) is 8.42 Å². The third-order valence-corrected chi connectivity index (χ3v) is 4.74. The average Bonchev–Trinajstić information content (AvgIpc) is 2.93. The summed E-state index contributed by atoms with van der Waals surface area (Å²) in [6.07, 6.45) is 1.50. The lowest BCUT2D eigenvalue weighted by atomic mass is 10.2. The molecule has 1 aliphatic rings. The van der Waals surface area contributed by atoms with Crippen molar-refractivity contribution < 1.29 is 17.9 Å². The van der Waals surface area contributed by atoms with Gasteiger partial charge in [0, 0.05) is 32.5 Å². The molecule has 0 saturated heterocycles. The zero-order chi connectivity index (χ0) is 15.1. The summed E-state index contributed by atoms with van der Waals surface area (Å²) >= 11 is 0. The number of nitrogens with one attached hydrogen (secondary N) is 2. The summed E-state index contributed by atoms with van der Waals surface area (Å²) in [6.45, 7) is 2.83. The summed E-state index contributed by atoms with van der Waals surface area (Å²) in [5.74, 6) is 0. The quantitative estimate of drug-likeness (QED) is 0.665. The number of hydrogen-bond acceptors (Lipinski definition) is 5. The second kappa shape index (κ2) is 7.74. The van der Waals surface area contributed by atoms with Crippen LogP contribution in [-0.4, -0.2) is 48.4 Å². The Balaban J connectivity index is 1.79. The predicted octanol–water partition coefficient (Wildman–Crippen LogP) is 0.986. The topological polar surface area (TPSA) is 76.7 Å².